The van der Waals surface area contributed by atoms with Crippen LogP contribution < -0.4 is 5.56 Å². The number of nitriles is 1. The van der Waals surface area contributed by atoms with Crippen molar-refractivity contribution in [3.63, 3.8) is 0 Å². The molecule has 0 fully saturated rings. The minimum Gasteiger partial charge on any atom is -0.344 e. The second kappa shape index (κ2) is 9.57. The molecule has 0 unspecified atom stereocenters. The molecule has 2 aromatic heterocycles. The Morgan fingerprint density at radius 3 is 2.96 bits per heavy atom. The van der Waals surface area contributed by atoms with E-state index in [0.29, 0.717) is 24.7 Å². The third-order valence-electron chi connectivity index (χ3n) is 5.08. The van der Waals surface area contributed by atoms with Crippen LogP contribution in [-0.4, -0.2) is 39.7 Å². The molecule has 0 saturated carbocycles. The van der Waals surface area contributed by atoms with E-state index in [2.05, 4.69) is 13.0 Å². The maximum absolute atomic E-state index is 13.3. The molecule has 2 aromatic rings. The number of fused-ring (bicyclic) bond motifs is 3. The zero-order chi connectivity index (χ0) is 20.1. The van der Waals surface area contributed by atoms with Crippen molar-refractivity contribution >= 4 is 39.2 Å². The molecule has 0 saturated heterocycles. The fourth-order valence-electron chi connectivity index (χ4n) is 3.46. The number of rotatable bonds is 9. The lowest BCUT2D eigenvalue weighted by atomic mass is 10.2. The number of carbonyl (C=O) groups excluding carboxylic acids is 1. The van der Waals surface area contributed by atoms with Crippen LogP contribution in [-0.2, 0) is 24.2 Å². The Morgan fingerprint density at radius 2 is 2.21 bits per heavy atom. The molecule has 28 heavy (non-hydrogen) atoms. The summed E-state index contributed by atoms with van der Waals surface area (Å²) in [5.74, 6) is 0.169. The summed E-state index contributed by atoms with van der Waals surface area (Å²) in [4.78, 5) is 34.1. The van der Waals surface area contributed by atoms with E-state index in [4.69, 9.17) is 10.2 Å². The van der Waals surface area contributed by atoms with Gasteiger partial charge in [-0.2, -0.15) is 5.26 Å². The maximum Gasteiger partial charge on any atom is 0.263 e. The van der Waals surface area contributed by atoms with Crippen molar-refractivity contribution in [2.75, 3.05) is 19.3 Å². The highest BCUT2D eigenvalue weighted by molar-refractivity contribution is 7.99. The first kappa shape index (κ1) is 20.9. The summed E-state index contributed by atoms with van der Waals surface area (Å²) >= 11 is 2.96. The van der Waals surface area contributed by atoms with E-state index in [1.807, 2.05) is 0 Å². The van der Waals surface area contributed by atoms with Gasteiger partial charge >= 0.3 is 0 Å². The largest absolute Gasteiger partial charge is 0.344 e. The van der Waals surface area contributed by atoms with E-state index in [9.17, 15) is 9.59 Å². The molecule has 0 radical (unpaired) electrons. The lowest BCUT2D eigenvalue weighted by molar-refractivity contribution is -0.127. The molecule has 1 aliphatic carbocycles. The van der Waals surface area contributed by atoms with Gasteiger partial charge in [0.15, 0.2) is 5.16 Å². The van der Waals surface area contributed by atoms with Gasteiger partial charge in [0, 0.05) is 25.0 Å². The number of unbranched alkanes of at least 4 members (excludes halogenated alkanes) is 2. The van der Waals surface area contributed by atoms with Crippen LogP contribution in [0.2, 0.25) is 0 Å². The van der Waals surface area contributed by atoms with Gasteiger partial charge in [0.05, 0.1) is 23.6 Å². The molecule has 0 aromatic carbocycles. The van der Waals surface area contributed by atoms with Crippen LogP contribution in [0.3, 0.4) is 0 Å². The second-order valence-electron chi connectivity index (χ2n) is 7.11. The molecule has 1 aliphatic rings. The van der Waals surface area contributed by atoms with E-state index in [-0.39, 0.29) is 17.2 Å². The maximum atomic E-state index is 13.3. The summed E-state index contributed by atoms with van der Waals surface area (Å²) < 4.78 is 1.77. The van der Waals surface area contributed by atoms with Gasteiger partial charge in [0.1, 0.15) is 4.83 Å². The van der Waals surface area contributed by atoms with E-state index in [1.165, 1.54) is 22.2 Å². The van der Waals surface area contributed by atoms with Gasteiger partial charge in [-0.05, 0) is 31.2 Å². The van der Waals surface area contributed by atoms with Crippen LogP contribution in [0.1, 0.15) is 49.5 Å². The Bertz CT molecular complexity index is 958. The van der Waals surface area contributed by atoms with Crippen LogP contribution in [0, 0.1) is 11.3 Å². The van der Waals surface area contributed by atoms with E-state index >= 15 is 0 Å². The molecule has 6 nitrogen and oxygen atoms in total. The topological polar surface area (TPSA) is 79.0 Å². The average molecular weight is 419 g/mol. The Kier molecular flexibility index (Phi) is 7.13. The number of carbonyl (C=O) groups is 1. The summed E-state index contributed by atoms with van der Waals surface area (Å²) in [5.41, 5.74) is 1.25. The summed E-state index contributed by atoms with van der Waals surface area (Å²) in [6.45, 7) is 3.20. The lowest BCUT2D eigenvalue weighted by Gasteiger charge is -2.16. The van der Waals surface area contributed by atoms with Crippen molar-refractivity contribution < 1.29 is 4.79 Å². The van der Waals surface area contributed by atoms with Crippen LogP contribution in [0.25, 0.3) is 10.2 Å². The number of thioether (sulfide) groups is 1. The van der Waals surface area contributed by atoms with Crippen molar-refractivity contribution in [1.29, 1.82) is 5.26 Å². The number of thiophene rings is 1. The van der Waals surface area contributed by atoms with Gasteiger partial charge in [-0.25, -0.2) is 4.98 Å². The van der Waals surface area contributed by atoms with E-state index in [1.54, 1.807) is 27.9 Å². The van der Waals surface area contributed by atoms with Crippen molar-refractivity contribution in [1.82, 2.24) is 14.5 Å². The van der Waals surface area contributed by atoms with E-state index < -0.39 is 0 Å². The van der Waals surface area contributed by atoms with E-state index in [0.717, 1.165) is 48.7 Å². The van der Waals surface area contributed by atoms with Crippen molar-refractivity contribution in [2.45, 2.75) is 63.6 Å². The Morgan fingerprint density at radius 1 is 1.39 bits per heavy atom. The fourth-order valence-corrected chi connectivity index (χ4v) is 5.73. The number of hydrogen-bond acceptors (Lipinski definition) is 6. The number of hydrogen-bond donors (Lipinski definition) is 0. The molecule has 8 heteroatoms. The fraction of sp³-hybridized carbons (Fsp3) is 0.600. The zero-order valence-corrected chi connectivity index (χ0v) is 18.1. The van der Waals surface area contributed by atoms with Crippen LogP contribution >= 0.6 is 23.1 Å². The highest BCUT2D eigenvalue weighted by atomic mass is 32.2. The van der Waals surface area contributed by atoms with Crippen LogP contribution in [0.15, 0.2) is 9.95 Å². The average Bonchev–Trinajstić information content (AvgIpc) is 3.26. The van der Waals surface area contributed by atoms with Gasteiger partial charge in [-0.3, -0.25) is 14.2 Å². The van der Waals surface area contributed by atoms with Gasteiger partial charge in [0.2, 0.25) is 5.91 Å². The Hall–Kier alpha value is -1.85. The van der Waals surface area contributed by atoms with Gasteiger partial charge in [-0.1, -0.05) is 31.5 Å². The smallest absolute Gasteiger partial charge is 0.263 e. The minimum absolute atomic E-state index is 0.0493. The SMILES string of the molecule is CCCCCn1c(SCC(=O)N(C)CCC#N)nc2sc3c(c2c1=O)CCC3. The molecule has 0 bridgehead atoms. The predicted octanol–water partition coefficient (Wildman–Crippen LogP) is 3.60. The molecular formula is C20H26N4O2S2. The third kappa shape index (κ3) is 4.41. The molecule has 1 amide bonds. The normalized spacial score (nSPS) is 12.9. The highest BCUT2D eigenvalue weighted by Gasteiger charge is 2.23. The first-order valence-electron chi connectivity index (χ1n) is 9.85. The number of aromatic nitrogens is 2. The minimum atomic E-state index is -0.0524. The summed E-state index contributed by atoms with van der Waals surface area (Å²) in [6, 6.07) is 2.05. The molecule has 0 N–H and O–H groups in total. The lowest BCUT2D eigenvalue weighted by Crippen LogP contribution is -2.30. The number of nitrogens with zero attached hydrogens (tertiary/aromatic N) is 4. The van der Waals surface area contributed by atoms with Crippen molar-refractivity contribution in [3.8, 4) is 6.07 Å². The number of aryl methyl sites for hydroxylation is 2. The summed E-state index contributed by atoms with van der Waals surface area (Å²) in [5, 5.41) is 10.1. The summed E-state index contributed by atoms with van der Waals surface area (Å²) in [6.07, 6.45) is 6.52. The van der Waals surface area contributed by atoms with Crippen molar-refractivity contribution in [3.05, 3.63) is 20.8 Å². The molecule has 2 heterocycles. The van der Waals surface area contributed by atoms with Crippen LogP contribution in [0.5, 0.6) is 0 Å². The molecule has 3 rings (SSSR count). The first-order valence-corrected chi connectivity index (χ1v) is 11.7. The van der Waals surface area contributed by atoms with Gasteiger partial charge in [0.25, 0.3) is 5.56 Å². The zero-order valence-electron chi connectivity index (χ0n) is 16.5. The Balaban J connectivity index is 1.87. The monoisotopic (exact) mass is 418 g/mol. The highest BCUT2D eigenvalue weighted by Crippen LogP contribution is 2.35. The first-order chi connectivity index (χ1) is 13.6. The molecule has 150 valence electrons. The number of amides is 1. The molecule has 0 aliphatic heterocycles. The van der Waals surface area contributed by atoms with Gasteiger partial charge < -0.3 is 4.90 Å². The molecule has 0 atom stereocenters. The quantitative estimate of drug-likeness (QED) is 0.353. The van der Waals surface area contributed by atoms with Gasteiger partial charge in [-0.15, -0.1) is 11.3 Å². The standard InChI is InChI=1S/C20H26N4O2S2/c1-3-4-5-12-24-19(26)17-14-8-6-9-15(14)28-18(17)22-20(24)27-13-16(25)23(2)11-7-10-21/h3-9,11-13H2,1-2H3. The third-order valence-corrected chi connectivity index (χ3v) is 7.23. The predicted molar refractivity (Wildman–Crippen MR) is 114 cm³/mol. The molecule has 0 spiro atoms. The molecular weight excluding hydrogens is 392 g/mol. The second-order valence-corrected chi connectivity index (χ2v) is 9.13. The Labute approximate surface area is 173 Å². The van der Waals surface area contributed by atoms with Crippen LogP contribution in [0.4, 0.5) is 0 Å². The summed E-state index contributed by atoms with van der Waals surface area (Å²) in [7, 11) is 1.70. The van der Waals surface area contributed by atoms with Crippen molar-refractivity contribution in [2.24, 2.45) is 0 Å².